The van der Waals surface area contributed by atoms with Crippen LogP contribution < -0.4 is 10.5 Å². The largest absolute Gasteiger partial charge is 0.409 e. The topological polar surface area (TPSA) is 133 Å². The number of sulfonamides is 1. The van der Waals surface area contributed by atoms with Crippen LogP contribution in [0.25, 0.3) is 0 Å². The molecule has 2 rings (SSSR count). The first-order valence-corrected chi connectivity index (χ1v) is 7.82. The van der Waals surface area contributed by atoms with Crippen LogP contribution >= 0.6 is 27.3 Å². The average molecular weight is 366 g/mol. The van der Waals surface area contributed by atoms with E-state index in [2.05, 4.69) is 36.0 Å². The van der Waals surface area contributed by atoms with Crippen molar-refractivity contribution in [3.63, 3.8) is 0 Å². The molecule has 0 saturated carbocycles. The Morgan fingerprint density at radius 2 is 2.32 bits per heavy atom. The summed E-state index contributed by atoms with van der Waals surface area (Å²) in [5.74, 6) is -0.223. The number of H-pyrrole nitrogens is 1. The van der Waals surface area contributed by atoms with Gasteiger partial charge < -0.3 is 10.9 Å². The number of halogens is 1. The third-order valence-electron chi connectivity index (χ3n) is 2.07. The molecule has 0 saturated heterocycles. The van der Waals surface area contributed by atoms with Crippen molar-refractivity contribution in [3.05, 3.63) is 27.7 Å². The Morgan fingerprint density at radius 1 is 1.58 bits per heavy atom. The number of thiophene rings is 1. The van der Waals surface area contributed by atoms with E-state index in [0.717, 1.165) is 11.3 Å². The summed E-state index contributed by atoms with van der Waals surface area (Å²) in [6.45, 7) is 0. The molecule has 0 aliphatic heterocycles. The molecular weight excluding hydrogens is 358 g/mol. The summed E-state index contributed by atoms with van der Waals surface area (Å²) in [4.78, 5) is 0. The zero-order valence-corrected chi connectivity index (χ0v) is 12.4. The van der Waals surface area contributed by atoms with Gasteiger partial charge in [0.2, 0.25) is 0 Å². The van der Waals surface area contributed by atoms with E-state index in [0.29, 0.717) is 3.79 Å². The standard InChI is InChI=1S/C8H8BrN5O3S2/c9-5-1-2-6(18-5)19(16,17)14-8-4(3-11-12-8)7(10)13-15/h1-3,15H,(H2,10,13)(H2,11,12,14). The summed E-state index contributed by atoms with van der Waals surface area (Å²) in [6.07, 6.45) is 1.25. The van der Waals surface area contributed by atoms with Crippen LogP contribution in [0.15, 0.2) is 31.5 Å². The number of aromatic nitrogens is 2. The first-order valence-electron chi connectivity index (χ1n) is 4.73. The minimum absolute atomic E-state index is 0.0276. The lowest BCUT2D eigenvalue weighted by atomic mass is 10.3. The molecule has 2 aromatic rings. The van der Waals surface area contributed by atoms with Gasteiger partial charge in [-0.15, -0.1) is 11.3 Å². The monoisotopic (exact) mass is 365 g/mol. The quantitative estimate of drug-likeness (QED) is 0.279. The molecule has 0 fully saturated rings. The van der Waals surface area contributed by atoms with Gasteiger partial charge in [-0.05, 0) is 28.1 Å². The van der Waals surface area contributed by atoms with Crippen LogP contribution in [-0.4, -0.2) is 29.7 Å². The molecule has 2 aromatic heterocycles. The second-order valence-electron chi connectivity index (χ2n) is 3.31. The molecule has 5 N–H and O–H groups in total. The van der Waals surface area contributed by atoms with Gasteiger partial charge in [0.15, 0.2) is 5.84 Å². The minimum atomic E-state index is -3.75. The zero-order valence-electron chi connectivity index (χ0n) is 9.16. The maximum absolute atomic E-state index is 12.1. The van der Waals surface area contributed by atoms with E-state index in [-0.39, 0.29) is 21.4 Å². The molecule has 0 unspecified atom stereocenters. The van der Waals surface area contributed by atoms with Crippen molar-refractivity contribution in [2.45, 2.75) is 4.21 Å². The van der Waals surface area contributed by atoms with Crippen molar-refractivity contribution in [3.8, 4) is 0 Å². The number of hydrogen-bond donors (Lipinski definition) is 4. The van der Waals surface area contributed by atoms with Gasteiger partial charge in [-0.1, -0.05) is 5.16 Å². The Balaban J connectivity index is 2.34. The van der Waals surface area contributed by atoms with Crippen molar-refractivity contribution in [1.82, 2.24) is 10.2 Å². The lowest BCUT2D eigenvalue weighted by Crippen LogP contribution is -2.18. The molecule has 19 heavy (non-hydrogen) atoms. The lowest BCUT2D eigenvalue weighted by molar-refractivity contribution is 0.318. The summed E-state index contributed by atoms with van der Waals surface area (Å²) in [5, 5.41) is 17.5. The van der Waals surface area contributed by atoms with Crippen LogP contribution in [0.1, 0.15) is 5.56 Å². The minimum Gasteiger partial charge on any atom is -0.409 e. The first-order chi connectivity index (χ1) is 8.94. The lowest BCUT2D eigenvalue weighted by Gasteiger charge is -2.05. The molecule has 2 heterocycles. The van der Waals surface area contributed by atoms with E-state index in [4.69, 9.17) is 10.9 Å². The molecular formula is C8H8BrN5O3S2. The predicted molar refractivity (Wildman–Crippen MR) is 73.9 cm³/mol. The van der Waals surface area contributed by atoms with Crippen LogP contribution in [0.3, 0.4) is 0 Å². The van der Waals surface area contributed by atoms with Gasteiger partial charge >= 0.3 is 0 Å². The molecule has 0 spiro atoms. The molecule has 11 heteroatoms. The fourth-order valence-electron chi connectivity index (χ4n) is 1.24. The van der Waals surface area contributed by atoms with Gasteiger partial charge in [-0.2, -0.15) is 5.10 Å². The highest BCUT2D eigenvalue weighted by molar-refractivity contribution is 9.11. The van der Waals surface area contributed by atoms with E-state index in [1.807, 2.05) is 0 Å². The van der Waals surface area contributed by atoms with Gasteiger partial charge in [0.25, 0.3) is 10.0 Å². The number of amidine groups is 1. The predicted octanol–water partition coefficient (Wildman–Crippen LogP) is 1.13. The van der Waals surface area contributed by atoms with Gasteiger partial charge in [0.05, 0.1) is 15.5 Å². The Bertz CT molecular complexity index is 720. The van der Waals surface area contributed by atoms with Crippen LogP contribution in [0.5, 0.6) is 0 Å². The van der Waals surface area contributed by atoms with Crippen molar-refractivity contribution in [1.29, 1.82) is 0 Å². The molecule has 0 aromatic carbocycles. The van der Waals surface area contributed by atoms with E-state index in [1.165, 1.54) is 12.3 Å². The molecule has 0 amide bonds. The van der Waals surface area contributed by atoms with Gasteiger partial charge in [0, 0.05) is 0 Å². The second kappa shape index (κ2) is 5.19. The Hall–Kier alpha value is -1.59. The normalized spacial score (nSPS) is 12.6. The third-order valence-corrected chi connectivity index (χ3v) is 5.54. The number of nitrogens with one attached hydrogen (secondary N) is 2. The molecule has 0 aliphatic carbocycles. The second-order valence-corrected chi connectivity index (χ2v) is 7.68. The average Bonchev–Trinajstić information content (AvgIpc) is 2.97. The van der Waals surface area contributed by atoms with Gasteiger partial charge in [0.1, 0.15) is 10.0 Å². The zero-order chi connectivity index (χ0) is 14.0. The molecule has 0 bridgehead atoms. The van der Waals surface area contributed by atoms with Crippen LogP contribution in [0, 0.1) is 0 Å². The van der Waals surface area contributed by atoms with Crippen molar-refractivity contribution < 1.29 is 13.6 Å². The van der Waals surface area contributed by atoms with Crippen LogP contribution in [0.4, 0.5) is 5.82 Å². The van der Waals surface area contributed by atoms with Gasteiger partial charge in [-0.25, -0.2) is 8.42 Å². The Kier molecular flexibility index (Phi) is 3.78. The summed E-state index contributed by atoms with van der Waals surface area (Å²) in [7, 11) is -3.75. The molecule has 0 aliphatic rings. The molecule has 8 nitrogen and oxygen atoms in total. The number of anilines is 1. The summed E-state index contributed by atoms with van der Waals surface area (Å²) < 4.78 is 27.2. The van der Waals surface area contributed by atoms with Crippen molar-refractivity contribution in [2.24, 2.45) is 10.9 Å². The van der Waals surface area contributed by atoms with E-state index in [9.17, 15) is 8.42 Å². The van der Waals surface area contributed by atoms with E-state index >= 15 is 0 Å². The van der Waals surface area contributed by atoms with Crippen molar-refractivity contribution in [2.75, 3.05) is 4.72 Å². The molecule has 0 radical (unpaired) electrons. The number of aromatic amines is 1. The molecule has 0 atom stereocenters. The Morgan fingerprint density at radius 3 is 2.89 bits per heavy atom. The highest BCUT2D eigenvalue weighted by Gasteiger charge is 2.20. The maximum Gasteiger partial charge on any atom is 0.272 e. The summed E-state index contributed by atoms with van der Waals surface area (Å²) >= 11 is 4.24. The van der Waals surface area contributed by atoms with E-state index in [1.54, 1.807) is 6.07 Å². The number of nitrogens with two attached hydrogens (primary N) is 1. The van der Waals surface area contributed by atoms with E-state index < -0.39 is 10.0 Å². The number of oxime groups is 1. The maximum atomic E-state index is 12.1. The third kappa shape index (κ3) is 2.88. The highest BCUT2D eigenvalue weighted by Crippen LogP contribution is 2.27. The van der Waals surface area contributed by atoms with Crippen LogP contribution in [-0.2, 0) is 10.0 Å². The first kappa shape index (κ1) is 13.8. The van der Waals surface area contributed by atoms with Crippen LogP contribution in [0.2, 0.25) is 0 Å². The number of rotatable bonds is 4. The number of nitrogens with zero attached hydrogens (tertiary/aromatic N) is 2. The van der Waals surface area contributed by atoms with Crippen molar-refractivity contribution >= 4 is 48.9 Å². The summed E-state index contributed by atoms with van der Waals surface area (Å²) in [5.41, 5.74) is 5.56. The fraction of sp³-hybridized carbons (Fsp3) is 0. The fourth-order valence-corrected chi connectivity index (χ4v) is 4.29. The summed E-state index contributed by atoms with van der Waals surface area (Å²) in [6, 6.07) is 3.08. The van der Waals surface area contributed by atoms with Gasteiger partial charge in [-0.3, -0.25) is 9.82 Å². The Labute approximate surface area is 120 Å². The molecule has 102 valence electrons. The SMILES string of the molecule is NC(=NO)c1cn[nH]c1NS(=O)(=O)c1ccc(Br)s1. The number of hydrogen-bond acceptors (Lipinski definition) is 6. The smallest absolute Gasteiger partial charge is 0.272 e. The highest BCUT2D eigenvalue weighted by atomic mass is 79.9.